The van der Waals surface area contributed by atoms with E-state index in [9.17, 15) is 4.79 Å². The highest BCUT2D eigenvalue weighted by Gasteiger charge is 2.23. The maximum absolute atomic E-state index is 12.5. The van der Waals surface area contributed by atoms with Gasteiger partial charge in [-0.3, -0.25) is 14.5 Å². The van der Waals surface area contributed by atoms with Crippen molar-refractivity contribution < 1.29 is 9.53 Å². The van der Waals surface area contributed by atoms with E-state index in [0.29, 0.717) is 30.3 Å². The van der Waals surface area contributed by atoms with Crippen LogP contribution in [0.25, 0.3) is 10.7 Å². The highest BCUT2D eigenvalue weighted by molar-refractivity contribution is 7.71. The minimum Gasteiger partial charge on any atom is -0.375 e. The molecule has 1 atom stereocenters. The molecular weight excluding hydrogens is 308 g/mol. The number of ether oxygens (including phenoxy) is 1. The number of H-pyrrole nitrogens is 1. The van der Waals surface area contributed by atoms with E-state index in [1.54, 1.807) is 15.9 Å². The van der Waals surface area contributed by atoms with Crippen molar-refractivity contribution >= 4 is 29.5 Å². The lowest BCUT2D eigenvalue weighted by atomic mass is 10.3. The zero-order valence-corrected chi connectivity index (χ0v) is 13.2. The summed E-state index contributed by atoms with van der Waals surface area (Å²) in [5.41, 5.74) is 0. The summed E-state index contributed by atoms with van der Waals surface area (Å²) in [6.07, 6.45) is 0.0804. The molecule has 3 rings (SSSR count). The molecule has 2 aromatic rings. The Bertz CT molecular complexity index is 677. The van der Waals surface area contributed by atoms with Crippen molar-refractivity contribution in [2.75, 3.05) is 19.7 Å². The van der Waals surface area contributed by atoms with Crippen LogP contribution in [0.5, 0.6) is 0 Å². The van der Waals surface area contributed by atoms with Gasteiger partial charge in [0, 0.05) is 13.1 Å². The number of hydrogen-bond acceptors (Lipinski definition) is 5. The van der Waals surface area contributed by atoms with Gasteiger partial charge >= 0.3 is 0 Å². The number of aromatic nitrogens is 3. The van der Waals surface area contributed by atoms with Gasteiger partial charge in [-0.25, -0.2) is 0 Å². The zero-order chi connectivity index (χ0) is 14.8. The molecule has 0 bridgehead atoms. The summed E-state index contributed by atoms with van der Waals surface area (Å²) < 4.78 is 7.68. The SMILES string of the molecule is C[C@H]1CN(C(=O)Cn2c(-c3cccs3)n[nH]c2=S)CCO1. The molecule has 1 fully saturated rings. The van der Waals surface area contributed by atoms with Crippen molar-refractivity contribution in [3.63, 3.8) is 0 Å². The van der Waals surface area contributed by atoms with E-state index in [-0.39, 0.29) is 18.6 Å². The Hall–Kier alpha value is -1.51. The monoisotopic (exact) mass is 324 g/mol. The maximum Gasteiger partial charge on any atom is 0.242 e. The van der Waals surface area contributed by atoms with Crippen LogP contribution >= 0.6 is 23.6 Å². The second kappa shape index (κ2) is 6.08. The molecule has 21 heavy (non-hydrogen) atoms. The topological polar surface area (TPSA) is 63.2 Å². The lowest BCUT2D eigenvalue weighted by molar-refractivity contribution is -0.138. The number of morpholine rings is 1. The normalized spacial score (nSPS) is 18.9. The number of nitrogens with zero attached hydrogens (tertiary/aromatic N) is 3. The summed E-state index contributed by atoms with van der Waals surface area (Å²) in [6, 6.07) is 3.92. The molecule has 0 aliphatic carbocycles. The third-order valence-electron chi connectivity index (χ3n) is 3.39. The van der Waals surface area contributed by atoms with E-state index in [1.807, 2.05) is 29.3 Å². The quantitative estimate of drug-likeness (QED) is 0.876. The van der Waals surface area contributed by atoms with E-state index >= 15 is 0 Å². The van der Waals surface area contributed by atoms with Gasteiger partial charge in [-0.05, 0) is 30.6 Å². The zero-order valence-electron chi connectivity index (χ0n) is 11.6. The van der Waals surface area contributed by atoms with Crippen LogP contribution in [0.3, 0.4) is 0 Å². The number of rotatable bonds is 3. The van der Waals surface area contributed by atoms with Gasteiger partial charge in [0.25, 0.3) is 0 Å². The highest BCUT2D eigenvalue weighted by Crippen LogP contribution is 2.22. The highest BCUT2D eigenvalue weighted by atomic mass is 32.1. The third-order valence-corrected chi connectivity index (χ3v) is 4.56. The molecule has 1 N–H and O–H groups in total. The van der Waals surface area contributed by atoms with Crippen LogP contribution in [0.1, 0.15) is 6.92 Å². The molecule has 112 valence electrons. The second-order valence-electron chi connectivity index (χ2n) is 4.94. The number of hydrogen-bond donors (Lipinski definition) is 1. The molecule has 1 aliphatic rings. The minimum atomic E-state index is 0.0421. The summed E-state index contributed by atoms with van der Waals surface area (Å²) in [7, 11) is 0. The lowest BCUT2D eigenvalue weighted by Gasteiger charge is -2.31. The minimum absolute atomic E-state index is 0.0421. The van der Waals surface area contributed by atoms with Gasteiger partial charge in [0.2, 0.25) is 5.91 Å². The summed E-state index contributed by atoms with van der Waals surface area (Å²) >= 11 is 6.82. The maximum atomic E-state index is 12.5. The van der Waals surface area contributed by atoms with Crippen LogP contribution in [-0.4, -0.2) is 51.4 Å². The Labute approximate surface area is 131 Å². The van der Waals surface area contributed by atoms with Crippen LogP contribution in [0, 0.1) is 4.77 Å². The van der Waals surface area contributed by atoms with Gasteiger partial charge < -0.3 is 9.64 Å². The van der Waals surface area contributed by atoms with Crippen LogP contribution < -0.4 is 0 Å². The smallest absolute Gasteiger partial charge is 0.242 e. The Morgan fingerprint density at radius 2 is 2.52 bits per heavy atom. The van der Waals surface area contributed by atoms with Crippen molar-refractivity contribution in [1.82, 2.24) is 19.7 Å². The van der Waals surface area contributed by atoms with Gasteiger partial charge in [0.1, 0.15) is 6.54 Å². The molecule has 3 heterocycles. The fraction of sp³-hybridized carbons (Fsp3) is 0.462. The van der Waals surface area contributed by atoms with Crippen molar-refractivity contribution in [2.24, 2.45) is 0 Å². The van der Waals surface area contributed by atoms with Gasteiger partial charge in [-0.15, -0.1) is 11.3 Å². The number of carbonyl (C=O) groups is 1. The fourth-order valence-corrected chi connectivity index (χ4v) is 3.26. The van der Waals surface area contributed by atoms with Crippen LogP contribution in [-0.2, 0) is 16.1 Å². The van der Waals surface area contributed by atoms with E-state index in [1.165, 1.54) is 0 Å². The van der Waals surface area contributed by atoms with Crippen molar-refractivity contribution in [1.29, 1.82) is 0 Å². The average Bonchev–Trinajstić information content (AvgIpc) is 3.10. The standard InChI is InChI=1S/C13H16N4O2S2/c1-9-7-16(4-5-19-9)11(18)8-17-12(14-15-13(17)20)10-3-2-6-21-10/h2-3,6,9H,4-5,7-8H2,1H3,(H,15,20)/t9-/m0/s1. The molecule has 0 unspecified atom stereocenters. The molecular formula is C13H16N4O2S2. The summed E-state index contributed by atoms with van der Waals surface area (Å²) in [4.78, 5) is 15.3. The first kappa shape index (κ1) is 14.4. The lowest BCUT2D eigenvalue weighted by Crippen LogP contribution is -2.45. The van der Waals surface area contributed by atoms with E-state index in [0.717, 1.165) is 4.88 Å². The molecule has 0 spiro atoms. The van der Waals surface area contributed by atoms with Crippen LogP contribution in [0.15, 0.2) is 17.5 Å². The second-order valence-corrected chi connectivity index (χ2v) is 6.27. The molecule has 0 saturated carbocycles. The molecule has 2 aromatic heterocycles. The predicted octanol–water partition coefficient (Wildman–Crippen LogP) is 1.92. The third kappa shape index (κ3) is 3.07. The number of nitrogens with one attached hydrogen (secondary N) is 1. The van der Waals surface area contributed by atoms with Crippen molar-refractivity contribution in [2.45, 2.75) is 19.6 Å². The van der Waals surface area contributed by atoms with Crippen molar-refractivity contribution in [3.05, 3.63) is 22.3 Å². The molecule has 8 heteroatoms. The Balaban J connectivity index is 1.80. The van der Waals surface area contributed by atoms with Crippen LogP contribution in [0.2, 0.25) is 0 Å². The number of carbonyl (C=O) groups excluding carboxylic acids is 1. The molecule has 1 amide bonds. The summed E-state index contributed by atoms with van der Waals surface area (Å²) in [5, 5.41) is 8.98. The Kier molecular flexibility index (Phi) is 4.18. The molecule has 1 aliphatic heterocycles. The van der Waals surface area contributed by atoms with Gasteiger partial charge in [-0.2, -0.15) is 5.10 Å². The number of thiophene rings is 1. The molecule has 1 saturated heterocycles. The first-order chi connectivity index (χ1) is 10.1. The predicted molar refractivity (Wildman–Crippen MR) is 82.7 cm³/mol. The van der Waals surface area contributed by atoms with Crippen LogP contribution in [0.4, 0.5) is 0 Å². The Morgan fingerprint density at radius 1 is 1.67 bits per heavy atom. The largest absolute Gasteiger partial charge is 0.375 e. The van der Waals surface area contributed by atoms with E-state index in [4.69, 9.17) is 17.0 Å². The Morgan fingerprint density at radius 3 is 3.24 bits per heavy atom. The number of aromatic amines is 1. The summed E-state index contributed by atoms with van der Waals surface area (Å²) in [5.74, 6) is 0.755. The van der Waals surface area contributed by atoms with Gasteiger partial charge in [-0.1, -0.05) is 6.07 Å². The summed E-state index contributed by atoms with van der Waals surface area (Å²) in [6.45, 7) is 4.01. The first-order valence-corrected chi connectivity index (χ1v) is 8.02. The van der Waals surface area contributed by atoms with Gasteiger partial charge in [0.05, 0.1) is 17.6 Å². The molecule has 0 aromatic carbocycles. The van der Waals surface area contributed by atoms with E-state index < -0.39 is 0 Å². The fourth-order valence-electron chi connectivity index (χ4n) is 2.34. The van der Waals surface area contributed by atoms with Gasteiger partial charge in [0.15, 0.2) is 10.6 Å². The van der Waals surface area contributed by atoms with Crippen molar-refractivity contribution in [3.8, 4) is 10.7 Å². The average molecular weight is 324 g/mol. The number of amides is 1. The molecule has 6 nitrogen and oxygen atoms in total. The first-order valence-electron chi connectivity index (χ1n) is 6.73. The molecule has 0 radical (unpaired) electrons. The van der Waals surface area contributed by atoms with E-state index in [2.05, 4.69) is 10.2 Å².